The molecule has 0 bridgehead atoms. The van der Waals surface area contributed by atoms with Crippen LogP contribution < -0.4 is 16.0 Å². The maximum atomic E-state index is 12.1. The summed E-state index contributed by atoms with van der Waals surface area (Å²) in [4.78, 5) is 15.0. The number of benzene rings is 2. The van der Waals surface area contributed by atoms with Gasteiger partial charge in [-0.05, 0) is 60.7 Å². The highest BCUT2D eigenvalue weighted by molar-refractivity contribution is 9.10. The van der Waals surface area contributed by atoms with Crippen LogP contribution in [0.25, 0.3) is 10.9 Å². The number of rotatable bonds is 6. The fraction of sp³-hybridized carbons (Fsp3) is 0.286. The van der Waals surface area contributed by atoms with E-state index in [0.717, 1.165) is 38.7 Å². The van der Waals surface area contributed by atoms with E-state index in [1.54, 1.807) is 0 Å². The van der Waals surface area contributed by atoms with Gasteiger partial charge in [-0.15, -0.1) is 0 Å². The van der Waals surface area contributed by atoms with Gasteiger partial charge in [0.25, 0.3) is 5.56 Å². The van der Waals surface area contributed by atoms with Gasteiger partial charge in [-0.3, -0.25) is 4.79 Å². The largest absolute Gasteiger partial charge is 0.494 e. The minimum absolute atomic E-state index is 0.0329. The van der Waals surface area contributed by atoms with Gasteiger partial charge in [-0.1, -0.05) is 35.0 Å². The van der Waals surface area contributed by atoms with Crippen LogP contribution in [-0.4, -0.2) is 11.6 Å². The van der Waals surface area contributed by atoms with E-state index >= 15 is 0 Å². The lowest BCUT2D eigenvalue weighted by Gasteiger charge is -2.25. The zero-order chi connectivity index (χ0) is 18.7. The molecule has 136 valence electrons. The summed E-state index contributed by atoms with van der Waals surface area (Å²) in [5.41, 5.74) is 8.53. The lowest BCUT2D eigenvalue weighted by Crippen LogP contribution is -2.34. The molecule has 2 aromatic carbocycles. The van der Waals surface area contributed by atoms with Crippen LogP contribution in [0, 0.1) is 0 Å². The average Bonchev–Trinajstić information content (AvgIpc) is 2.62. The van der Waals surface area contributed by atoms with Crippen molar-refractivity contribution >= 4 is 26.8 Å². The third-order valence-electron chi connectivity index (χ3n) is 4.67. The zero-order valence-electron chi connectivity index (χ0n) is 15.0. The third kappa shape index (κ3) is 4.17. The number of nitrogens with two attached hydrogens (primary N) is 1. The highest BCUT2D eigenvalue weighted by atomic mass is 79.9. The van der Waals surface area contributed by atoms with Crippen LogP contribution in [0.15, 0.2) is 57.8 Å². The van der Waals surface area contributed by atoms with Gasteiger partial charge in [-0.25, -0.2) is 0 Å². The maximum absolute atomic E-state index is 12.1. The normalized spacial score (nSPS) is 13.5. The first-order valence-corrected chi connectivity index (χ1v) is 9.52. The fourth-order valence-electron chi connectivity index (χ4n) is 2.92. The van der Waals surface area contributed by atoms with Crippen LogP contribution in [0.4, 0.5) is 0 Å². The Morgan fingerprint density at radius 3 is 2.58 bits per heavy atom. The molecule has 0 aliphatic rings. The first-order valence-electron chi connectivity index (χ1n) is 8.73. The second-order valence-electron chi connectivity index (χ2n) is 6.75. The van der Waals surface area contributed by atoms with E-state index in [1.807, 2.05) is 62.4 Å². The Morgan fingerprint density at radius 1 is 1.15 bits per heavy atom. The van der Waals surface area contributed by atoms with E-state index in [4.69, 9.17) is 10.5 Å². The predicted molar refractivity (Wildman–Crippen MR) is 110 cm³/mol. The van der Waals surface area contributed by atoms with Crippen molar-refractivity contribution < 1.29 is 4.74 Å². The molecule has 1 atom stereocenters. The standard InChI is InChI=1S/C21H23BrN2O2/c1-3-14-12-15-4-5-16(13-19(15)24-20(14)25)21(2,23)10-11-26-18-8-6-17(22)7-9-18/h4-9,12-13H,3,10-11,23H2,1-2H3,(H,24,25). The summed E-state index contributed by atoms with van der Waals surface area (Å²) in [6.07, 6.45) is 1.38. The van der Waals surface area contributed by atoms with Crippen LogP contribution in [-0.2, 0) is 12.0 Å². The number of halogens is 1. The number of nitrogens with one attached hydrogen (secondary N) is 1. The third-order valence-corrected chi connectivity index (χ3v) is 5.20. The summed E-state index contributed by atoms with van der Waals surface area (Å²) in [7, 11) is 0. The maximum Gasteiger partial charge on any atom is 0.251 e. The van der Waals surface area contributed by atoms with Crippen molar-refractivity contribution in [2.24, 2.45) is 5.73 Å². The monoisotopic (exact) mass is 414 g/mol. The molecule has 26 heavy (non-hydrogen) atoms. The lowest BCUT2D eigenvalue weighted by molar-refractivity contribution is 0.267. The van der Waals surface area contributed by atoms with E-state index < -0.39 is 5.54 Å². The number of aromatic nitrogens is 1. The molecule has 3 rings (SSSR count). The van der Waals surface area contributed by atoms with Crippen LogP contribution in [0.2, 0.25) is 0 Å². The number of pyridine rings is 1. The molecule has 0 saturated carbocycles. The molecule has 1 heterocycles. The fourth-order valence-corrected chi connectivity index (χ4v) is 3.18. The Balaban J connectivity index is 1.75. The van der Waals surface area contributed by atoms with Gasteiger partial charge in [0.1, 0.15) is 5.75 Å². The summed E-state index contributed by atoms with van der Waals surface area (Å²) in [6.45, 7) is 4.47. The summed E-state index contributed by atoms with van der Waals surface area (Å²) in [5.74, 6) is 0.818. The van der Waals surface area contributed by atoms with Crippen molar-refractivity contribution in [3.05, 3.63) is 74.5 Å². The van der Waals surface area contributed by atoms with Crippen molar-refractivity contribution in [3.63, 3.8) is 0 Å². The topological polar surface area (TPSA) is 68.1 Å². The second kappa shape index (κ2) is 7.64. The van der Waals surface area contributed by atoms with Gasteiger partial charge >= 0.3 is 0 Å². The molecule has 0 spiro atoms. The van der Waals surface area contributed by atoms with Crippen LogP contribution in [0.1, 0.15) is 31.4 Å². The van der Waals surface area contributed by atoms with Gasteiger partial charge in [0.2, 0.25) is 0 Å². The summed E-state index contributed by atoms with van der Waals surface area (Å²) in [5, 5.41) is 1.02. The molecule has 0 aliphatic carbocycles. The smallest absolute Gasteiger partial charge is 0.251 e. The SMILES string of the molecule is CCc1cc2ccc(C(C)(N)CCOc3ccc(Br)cc3)cc2[nH]c1=O. The van der Waals surface area contributed by atoms with Crippen molar-refractivity contribution in [1.82, 2.24) is 4.98 Å². The molecule has 0 saturated heterocycles. The summed E-state index contributed by atoms with van der Waals surface area (Å²) >= 11 is 3.41. The number of ether oxygens (including phenoxy) is 1. The Kier molecular flexibility index (Phi) is 5.49. The Bertz CT molecular complexity index is 962. The molecule has 0 radical (unpaired) electrons. The lowest BCUT2D eigenvalue weighted by atomic mass is 9.89. The zero-order valence-corrected chi connectivity index (χ0v) is 16.6. The van der Waals surface area contributed by atoms with Gasteiger partial charge in [0.15, 0.2) is 0 Å². The van der Waals surface area contributed by atoms with E-state index in [1.165, 1.54) is 0 Å². The van der Waals surface area contributed by atoms with Crippen molar-refractivity contribution in [2.75, 3.05) is 6.61 Å². The van der Waals surface area contributed by atoms with Gasteiger partial charge < -0.3 is 15.5 Å². The number of aromatic amines is 1. The Morgan fingerprint density at radius 2 is 1.88 bits per heavy atom. The number of fused-ring (bicyclic) bond motifs is 1. The molecule has 5 heteroatoms. The Labute approximate surface area is 161 Å². The van der Waals surface area contributed by atoms with Crippen LogP contribution in [0.3, 0.4) is 0 Å². The van der Waals surface area contributed by atoms with Crippen LogP contribution in [0.5, 0.6) is 5.75 Å². The average molecular weight is 415 g/mol. The summed E-state index contributed by atoms with van der Waals surface area (Å²) in [6, 6.07) is 15.7. The Hall–Kier alpha value is -2.11. The van der Waals surface area contributed by atoms with E-state index in [9.17, 15) is 4.79 Å². The molecule has 0 aliphatic heterocycles. The van der Waals surface area contributed by atoms with Crippen molar-refractivity contribution in [3.8, 4) is 5.75 Å². The van der Waals surface area contributed by atoms with Crippen LogP contribution >= 0.6 is 15.9 Å². The predicted octanol–water partition coefficient (Wildman–Crippen LogP) is 4.50. The second-order valence-corrected chi connectivity index (χ2v) is 7.66. The molecular weight excluding hydrogens is 392 g/mol. The molecule has 3 N–H and O–H groups in total. The first-order chi connectivity index (χ1) is 12.4. The van der Waals surface area contributed by atoms with E-state index in [2.05, 4.69) is 20.9 Å². The summed E-state index contributed by atoms with van der Waals surface area (Å²) < 4.78 is 6.82. The molecule has 4 nitrogen and oxygen atoms in total. The first kappa shape index (κ1) is 18.7. The molecule has 1 aromatic heterocycles. The van der Waals surface area contributed by atoms with E-state index in [0.29, 0.717) is 13.0 Å². The quantitative estimate of drug-likeness (QED) is 0.623. The minimum atomic E-state index is -0.552. The van der Waals surface area contributed by atoms with Gasteiger partial charge in [-0.2, -0.15) is 0 Å². The number of hydrogen-bond donors (Lipinski definition) is 2. The van der Waals surface area contributed by atoms with Gasteiger partial charge in [0, 0.05) is 27.5 Å². The molecular formula is C21H23BrN2O2. The number of H-pyrrole nitrogens is 1. The highest BCUT2D eigenvalue weighted by Gasteiger charge is 2.22. The van der Waals surface area contributed by atoms with Crippen molar-refractivity contribution in [2.45, 2.75) is 32.2 Å². The molecule has 1 unspecified atom stereocenters. The van der Waals surface area contributed by atoms with E-state index in [-0.39, 0.29) is 5.56 Å². The van der Waals surface area contributed by atoms with Crippen molar-refractivity contribution in [1.29, 1.82) is 0 Å². The highest BCUT2D eigenvalue weighted by Crippen LogP contribution is 2.25. The number of hydrogen-bond acceptors (Lipinski definition) is 3. The minimum Gasteiger partial charge on any atom is -0.494 e. The van der Waals surface area contributed by atoms with Gasteiger partial charge in [0.05, 0.1) is 6.61 Å². The number of aryl methyl sites for hydroxylation is 1. The molecule has 3 aromatic rings. The molecule has 0 amide bonds. The molecule has 0 fully saturated rings.